The Balaban J connectivity index is 1.89. The van der Waals surface area contributed by atoms with Crippen molar-refractivity contribution in [3.05, 3.63) is 60.7 Å². The molecule has 0 bridgehead atoms. The SMILES string of the molecule is CSc1ccc2cc3cc4c(O)c5cc(SC)ccc5cc4cc3c(O)c2c1. The lowest BCUT2D eigenvalue weighted by molar-refractivity contribution is 0.486. The highest BCUT2D eigenvalue weighted by Gasteiger charge is 2.13. The zero-order chi connectivity index (χ0) is 19.4. The molecule has 28 heavy (non-hydrogen) atoms. The van der Waals surface area contributed by atoms with Crippen molar-refractivity contribution in [2.75, 3.05) is 12.5 Å². The van der Waals surface area contributed by atoms with Gasteiger partial charge in [0.05, 0.1) is 0 Å². The summed E-state index contributed by atoms with van der Waals surface area (Å²) in [7, 11) is 0. The summed E-state index contributed by atoms with van der Waals surface area (Å²) >= 11 is 3.32. The van der Waals surface area contributed by atoms with E-state index in [4.69, 9.17) is 0 Å². The molecule has 0 unspecified atom stereocenters. The minimum absolute atomic E-state index is 0.294. The molecule has 5 rings (SSSR count). The molecule has 5 aromatic carbocycles. The van der Waals surface area contributed by atoms with Crippen LogP contribution in [0.3, 0.4) is 0 Å². The first-order valence-corrected chi connectivity index (χ1v) is 11.4. The van der Waals surface area contributed by atoms with Crippen LogP contribution in [0.5, 0.6) is 11.5 Å². The third-order valence-electron chi connectivity index (χ3n) is 5.39. The van der Waals surface area contributed by atoms with Gasteiger partial charge in [0, 0.05) is 31.3 Å². The molecule has 0 heterocycles. The van der Waals surface area contributed by atoms with E-state index in [9.17, 15) is 10.2 Å². The monoisotopic (exact) mass is 402 g/mol. The molecule has 0 aliphatic carbocycles. The molecule has 0 aliphatic rings. The van der Waals surface area contributed by atoms with E-state index in [0.717, 1.165) is 52.9 Å². The maximum absolute atomic E-state index is 11.0. The van der Waals surface area contributed by atoms with Gasteiger partial charge in [0.2, 0.25) is 0 Å². The first kappa shape index (κ1) is 17.5. The molecule has 138 valence electrons. The molecule has 0 spiro atoms. The van der Waals surface area contributed by atoms with Gasteiger partial charge in [-0.3, -0.25) is 0 Å². The summed E-state index contributed by atoms with van der Waals surface area (Å²) in [6, 6.07) is 20.4. The minimum Gasteiger partial charge on any atom is -0.507 e. The van der Waals surface area contributed by atoms with Crippen molar-refractivity contribution in [3.8, 4) is 11.5 Å². The Bertz CT molecular complexity index is 1300. The van der Waals surface area contributed by atoms with Gasteiger partial charge in [0.15, 0.2) is 0 Å². The summed E-state index contributed by atoms with van der Waals surface area (Å²) in [5, 5.41) is 29.1. The van der Waals surface area contributed by atoms with E-state index in [1.54, 1.807) is 23.5 Å². The quantitative estimate of drug-likeness (QED) is 0.243. The summed E-state index contributed by atoms with van der Waals surface area (Å²) in [6.45, 7) is 0. The number of hydrogen-bond acceptors (Lipinski definition) is 4. The molecule has 0 saturated carbocycles. The van der Waals surface area contributed by atoms with Crippen molar-refractivity contribution in [2.45, 2.75) is 9.79 Å². The Labute approximate surface area is 171 Å². The van der Waals surface area contributed by atoms with Crippen molar-refractivity contribution in [3.63, 3.8) is 0 Å². The van der Waals surface area contributed by atoms with E-state index in [1.165, 1.54) is 0 Å². The highest BCUT2D eigenvalue weighted by Crippen LogP contribution is 2.41. The van der Waals surface area contributed by atoms with Crippen LogP contribution in [0.15, 0.2) is 70.5 Å². The van der Waals surface area contributed by atoms with Crippen LogP contribution in [-0.2, 0) is 0 Å². The number of fused-ring (bicyclic) bond motifs is 4. The molecule has 4 heteroatoms. The predicted octanol–water partition coefficient (Wildman–Crippen LogP) is 7.15. The molecule has 5 aromatic rings. The van der Waals surface area contributed by atoms with E-state index >= 15 is 0 Å². The van der Waals surface area contributed by atoms with Crippen molar-refractivity contribution >= 4 is 66.6 Å². The molecule has 0 saturated heterocycles. The lowest BCUT2D eigenvalue weighted by atomic mass is 9.96. The van der Waals surface area contributed by atoms with E-state index < -0.39 is 0 Å². The van der Waals surface area contributed by atoms with Gasteiger partial charge < -0.3 is 10.2 Å². The minimum atomic E-state index is 0.294. The van der Waals surface area contributed by atoms with Crippen LogP contribution >= 0.6 is 23.5 Å². The Morgan fingerprint density at radius 1 is 0.500 bits per heavy atom. The molecule has 0 radical (unpaired) electrons. The number of thioether (sulfide) groups is 2. The Morgan fingerprint density at radius 3 is 1.29 bits per heavy atom. The zero-order valence-corrected chi connectivity index (χ0v) is 17.1. The standard InChI is InChI=1S/C24H18O2S2/c1-27-17-5-3-13-7-15-10-20-16(9-19(15)23(25)21(13)11-17)8-14-4-6-18(28-2)12-22(14)24(20)26/h3-12,25-26H,1-2H3. The van der Waals surface area contributed by atoms with Crippen LogP contribution in [-0.4, -0.2) is 22.7 Å². The second-order valence-corrected chi connectivity index (χ2v) is 8.68. The molecule has 0 aliphatic heterocycles. The Kier molecular flexibility index (Phi) is 4.07. The molecule has 0 aromatic heterocycles. The summed E-state index contributed by atoms with van der Waals surface area (Å²) < 4.78 is 0. The molecular weight excluding hydrogens is 384 g/mol. The maximum Gasteiger partial charge on any atom is 0.131 e. The van der Waals surface area contributed by atoms with Crippen LogP contribution in [0.4, 0.5) is 0 Å². The molecule has 0 fully saturated rings. The van der Waals surface area contributed by atoms with Gasteiger partial charge in [-0.05, 0) is 82.6 Å². The molecule has 2 nitrogen and oxygen atoms in total. The maximum atomic E-state index is 11.0. The average molecular weight is 403 g/mol. The second-order valence-electron chi connectivity index (χ2n) is 6.92. The lowest BCUT2D eigenvalue weighted by Crippen LogP contribution is -1.84. The summed E-state index contributed by atoms with van der Waals surface area (Å²) in [5.74, 6) is 0.588. The number of hydrogen-bond donors (Lipinski definition) is 2. The van der Waals surface area contributed by atoms with Crippen molar-refractivity contribution in [1.29, 1.82) is 0 Å². The fourth-order valence-electron chi connectivity index (χ4n) is 3.89. The predicted molar refractivity (Wildman–Crippen MR) is 123 cm³/mol. The van der Waals surface area contributed by atoms with Crippen LogP contribution < -0.4 is 0 Å². The molecule has 0 atom stereocenters. The number of phenolic OH excluding ortho intramolecular Hbond substituents is 2. The largest absolute Gasteiger partial charge is 0.507 e. The van der Waals surface area contributed by atoms with E-state index in [2.05, 4.69) is 24.3 Å². The van der Waals surface area contributed by atoms with Gasteiger partial charge in [-0.2, -0.15) is 0 Å². The second kappa shape index (κ2) is 6.50. The van der Waals surface area contributed by atoms with E-state index in [-0.39, 0.29) is 0 Å². The number of rotatable bonds is 2. The number of benzene rings is 5. The van der Waals surface area contributed by atoms with Gasteiger partial charge in [-0.1, -0.05) is 12.1 Å². The third-order valence-corrected chi connectivity index (χ3v) is 6.84. The van der Waals surface area contributed by atoms with Crippen molar-refractivity contribution < 1.29 is 10.2 Å². The fraction of sp³-hybridized carbons (Fsp3) is 0.0833. The van der Waals surface area contributed by atoms with E-state index in [0.29, 0.717) is 11.5 Å². The van der Waals surface area contributed by atoms with Crippen molar-refractivity contribution in [1.82, 2.24) is 0 Å². The van der Waals surface area contributed by atoms with Crippen molar-refractivity contribution in [2.24, 2.45) is 0 Å². The summed E-state index contributed by atoms with van der Waals surface area (Å²) in [5.41, 5.74) is 0. The Morgan fingerprint density at radius 2 is 0.893 bits per heavy atom. The smallest absolute Gasteiger partial charge is 0.131 e. The molecule has 0 amide bonds. The number of phenols is 2. The molecular formula is C24H18O2S2. The zero-order valence-electron chi connectivity index (χ0n) is 15.5. The van der Waals surface area contributed by atoms with Crippen LogP contribution in [0.2, 0.25) is 0 Å². The highest BCUT2D eigenvalue weighted by atomic mass is 32.2. The first-order valence-electron chi connectivity index (χ1n) is 8.96. The first-order chi connectivity index (χ1) is 13.6. The Hall–Kier alpha value is -2.56. The summed E-state index contributed by atoms with van der Waals surface area (Å²) in [6.07, 6.45) is 4.06. The topological polar surface area (TPSA) is 40.5 Å². The number of aromatic hydroxyl groups is 2. The van der Waals surface area contributed by atoms with Gasteiger partial charge >= 0.3 is 0 Å². The van der Waals surface area contributed by atoms with Gasteiger partial charge in [0.25, 0.3) is 0 Å². The van der Waals surface area contributed by atoms with Crippen LogP contribution in [0, 0.1) is 0 Å². The average Bonchev–Trinajstić information content (AvgIpc) is 2.73. The third kappa shape index (κ3) is 2.60. The van der Waals surface area contributed by atoms with Gasteiger partial charge in [0.1, 0.15) is 11.5 Å². The van der Waals surface area contributed by atoms with Crippen LogP contribution in [0.1, 0.15) is 0 Å². The highest BCUT2D eigenvalue weighted by molar-refractivity contribution is 7.98. The fourth-order valence-corrected chi connectivity index (χ4v) is 4.77. The van der Waals surface area contributed by atoms with Gasteiger partial charge in [-0.15, -0.1) is 23.5 Å². The van der Waals surface area contributed by atoms with Crippen LogP contribution in [0.25, 0.3) is 43.1 Å². The summed E-state index contributed by atoms with van der Waals surface area (Å²) in [4.78, 5) is 2.24. The molecule has 2 N–H and O–H groups in total. The van der Waals surface area contributed by atoms with Gasteiger partial charge in [-0.25, -0.2) is 0 Å². The lowest BCUT2D eigenvalue weighted by Gasteiger charge is -2.12. The normalized spacial score (nSPS) is 11.8. The van der Waals surface area contributed by atoms with E-state index in [1.807, 2.05) is 48.9 Å².